The van der Waals surface area contributed by atoms with Crippen LogP contribution in [0.5, 0.6) is 0 Å². The van der Waals surface area contributed by atoms with Crippen LogP contribution in [0.25, 0.3) is 0 Å². The number of hydrogen-bond acceptors (Lipinski definition) is 4. The van der Waals surface area contributed by atoms with Crippen LogP contribution in [0.4, 0.5) is 10.5 Å². The summed E-state index contributed by atoms with van der Waals surface area (Å²) < 4.78 is 11.1. The van der Waals surface area contributed by atoms with E-state index in [1.54, 1.807) is 4.90 Å². The van der Waals surface area contributed by atoms with Gasteiger partial charge in [0.25, 0.3) is 0 Å². The van der Waals surface area contributed by atoms with Gasteiger partial charge in [0.15, 0.2) is 0 Å². The molecule has 2 aromatic rings. The molecule has 5 nitrogen and oxygen atoms in total. The Bertz CT molecular complexity index is 837. The molecule has 0 aliphatic carbocycles. The van der Waals surface area contributed by atoms with Crippen molar-refractivity contribution in [2.24, 2.45) is 5.92 Å². The highest BCUT2D eigenvalue weighted by molar-refractivity contribution is 5.89. The Morgan fingerprint density at radius 3 is 2.27 bits per heavy atom. The molecule has 0 saturated carbocycles. The van der Waals surface area contributed by atoms with Crippen LogP contribution in [-0.4, -0.2) is 25.3 Å². The zero-order chi connectivity index (χ0) is 23.9. The van der Waals surface area contributed by atoms with Crippen molar-refractivity contribution < 1.29 is 19.1 Å². The molecule has 5 heteroatoms. The molecule has 0 aliphatic heterocycles. The first-order valence-electron chi connectivity index (χ1n) is 12.3. The second-order valence-corrected chi connectivity index (χ2v) is 8.44. The molecular weight excluding hydrogens is 414 g/mol. The van der Waals surface area contributed by atoms with Crippen molar-refractivity contribution >= 4 is 17.7 Å². The van der Waals surface area contributed by atoms with Crippen molar-refractivity contribution in [2.75, 3.05) is 18.1 Å². The van der Waals surface area contributed by atoms with Crippen LogP contribution in [0.2, 0.25) is 0 Å². The van der Waals surface area contributed by atoms with Gasteiger partial charge in [0.1, 0.15) is 0 Å². The lowest BCUT2D eigenvalue weighted by atomic mass is 10.0. The van der Waals surface area contributed by atoms with E-state index in [9.17, 15) is 9.59 Å². The molecule has 33 heavy (non-hydrogen) atoms. The molecule has 0 saturated heterocycles. The third-order valence-corrected chi connectivity index (χ3v) is 5.77. The first-order valence-corrected chi connectivity index (χ1v) is 12.3. The predicted molar refractivity (Wildman–Crippen MR) is 133 cm³/mol. The van der Waals surface area contributed by atoms with Crippen LogP contribution in [0, 0.1) is 5.92 Å². The molecule has 1 unspecified atom stereocenters. The summed E-state index contributed by atoms with van der Waals surface area (Å²) in [5.74, 6) is 0.128. The molecule has 0 aliphatic rings. The van der Waals surface area contributed by atoms with Crippen LogP contribution < -0.4 is 4.90 Å². The number of amides is 1. The van der Waals surface area contributed by atoms with E-state index in [1.807, 2.05) is 54.6 Å². The van der Waals surface area contributed by atoms with Gasteiger partial charge in [-0.15, -0.1) is 0 Å². The van der Waals surface area contributed by atoms with Gasteiger partial charge in [-0.05, 0) is 36.0 Å². The number of anilines is 1. The molecule has 2 rings (SSSR count). The molecule has 1 atom stereocenters. The standard InChI is InChI=1S/C28H39NO4/c1-4-7-14-23(6-3)22-33-27(30)20-25-17-12-13-18-26(25)29(28(31)32-19-8-5-2)21-24-15-10-9-11-16-24/h9-13,15-18,23H,4-8,14,19-22H2,1-3H3. The lowest BCUT2D eigenvalue weighted by Gasteiger charge is -2.25. The molecule has 0 fully saturated rings. The molecule has 1 amide bonds. The number of carbonyl (C=O) groups is 2. The molecular formula is C28H39NO4. The molecule has 0 bridgehead atoms. The van der Waals surface area contributed by atoms with Crippen molar-refractivity contribution in [2.45, 2.75) is 72.3 Å². The molecule has 0 spiro atoms. The second kappa shape index (κ2) is 15.1. The number of para-hydroxylation sites is 1. The lowest BCUT2D eigenvalue weighted by molar-refractivity contribution is -0.144. The third-order valence-electron chi connectivity index (χ3n) is 5.77. The van der Waals surface area contributed by atoms with E-state index in [4.69, 9.17) is 9.47 Å². The summed E-state index contributed by atoms with van der Waals surface area (Å²) in [6.07, 6.45) is 5.84. The van der Waals surface area contributed by atoms with Gasteiger partial charge in [-0.2, -0.15) is 0 Å². The molecule has 2 aromatic carbocycles. The Morgan fingerprint density at radius 2 is 1.58 bits per heavy atom. The fourth-order valence-electron chi connectivity index (χ4n) is 3.63. The van der Waals surface area contributed by atoms with Crippen molar-refractivity contribution in [3.05, 3.63) is 65.7 Å². The minimum atomic E-state index is -0.404. The SMILES string of the molecule is CCCCOC(=O)N(Cc1ccccc1)c1ccccc1CC(=O)OCC(CC)CCCC. The zero-order valence-corrected chi connectivity index (χ0v) is 20.4. The number of unbranched alkanes of at least 4 members (excludes halogenated alkanes) is 2. The third kappa shape index (κ3) is 9.29. The Labute approximate surface area is 199 Å². The number of carbonyl (C=O) groups excluding carboxylic acids is 2. The van der Waals surface area contributed by atoms with Gasteiger partial charge in [0.2, 0.25) is 0 Å². The maximum atomic E-state index is 13.0. The number of hydrogen-bond donors (Lipinski definition) is 0. The maximum absolute atomic E-state index is 13.0. The van der Waals surface area contributed by atoms with Crippen LogP contribution in [-0.2, 0) is 27.2 Å². The van der Waals surface area contributed by atoms with Gasteiger partial charge in [-0.3, -0.25) is 9.69 Å². The smallest absolute Gasteiger partial charge is 0.414 e. The molecule has 0 heterocycles. The average molecular weight is 454 g/mol. The first-order chi connectivity index (χ1) is 16.1. The van der Waals surface area contributed by atoms with Gasteiger partial charge in [0.05, 0.1) is 31.9 Å². The quantitative estimate of drug-likeness (QED) is 0.230. The lowest BCUT2D eigenvalue weighted by Crippen LogP contribution is -2.32. The number of ether oxygens (including phenoxy) is 2. The van der Waals surface area contributed by atoms with E-state index in [-0.39, 0.29) is 12.4 Å². The summed E-state index contributed by atoms with van der Waals surface area (Å²) in [4.78, 5) is 27.3. The fourth-order valence-corrected chi connectivity index (χ4v) is 3.63. The average Bonchev–Trinajstić information content (AvgIpc) is 2.84. The fraction of sp³-hybridized carbons (Fsp3) is 0.500. The van der Waals surface area contributed by atoms with Crippen LogP contribution in [0.1, 0.15) is 70.4 Å². The van der Waals surface area contributed by atoms with Gasteiger partial charge in [-0.25, -0.2) is 4.79 Å². The highest BCUT2D eigenvalue weighted by atomic mass is 16.6. The largest absolute Gasteiger partial charge is 0.465 e. The van der Waals surface area contributed by atoms with Gasteiger partial charge < -0.3 is 9.47 Å². The maximum Gasteiger partial charge on any atom is 0.414 e. The Balaban J connectivity index is 2.15. The Kier molecular flexibility index (Phi) is 12.1. The van der Waals surface area contributed by atoms with E-state index in [0.717, 1.165) is 49.7 Å². The summed E-state index contributed by atoms with van der Waals surface area (Å²) in [5.41, 5.74) is 2.43. The van der Waals surface area contributed by atoms with E-state index in [2.05, 4.69) is 20.8 Å². The monoisotopic (exact) mass is 453 g/mol. The molecule has 180 valence electrons. The first kappa shape index (κ1) is 26.4. The summed E-state index contributed by atoms with van der Waals surface area (Å²) in [6.45, 7) is 7.55. The molecule has 0 N–H and O–H groups in total. The zero-order valence-electron chi connectivity index (χ0n) is 20.4. The van der Waals surface area contributed by atoms with Crippen LogP contribution in [0.15, 0.2) is 54.6 Å². The predicted octanol–water partition coefficient (Wildman–Crippen LogP) is 6.93. The van der Waals surface area contributed by atoms with Gasteiger partial charge >= 0.3 is 12.1 Å². The van der Waals surface area contributed by atoms with E-state index < -0.39 is 6.09 Å². The van der Waals surface area contributed by atoms with Crippen LogP contribution >= 0.6 is 0 Å². The highest BCUT2D eigenvalue weighted by Gasteiger charge is 2.22. The highest BCUT2D eigenvalue weighted by Crippen LogP contribution is 2.25. The number of rotatable bonds is 14. The second-order valence-electron chi connectivity index (χ2n) is 8.44. The van der Waals surface area contributed by atoms with Gasteiger partial charge in [0, 0.05) is 0 Å². The summed E-state index contributed by atoms with van der Waals surface area (Å²) in [5, 5.41) is 0. The topological polar surface area (TPSA) is 55.8 Å². The van der Waals surface area contributed by atoms with Gasteiger partial charge in [-0.1, -0.05) is 95.0 Å². The van der Waals surface area contributed by atoms with Crippen molar-refractivity contribution in [3.63, 3.8) is 0 Å². The molecule has 0 radical (unpaired) electrons. The summed E-state index contributed by atoms with van der Waals surface area (Å²) in [7, 11) is 0. The van der Waals surface area contributed by atoms with Crippen molar-refractivity contribution in [1.82, 2.24) is 0 Å². The van der Waals surface area contributed by atoms with Crippen molar-refractivity contribution in [3.8, 4) is 0 Å². The van der Waals surface area contributed by atoms with Crippen LogP contribution in [0.3, 0.4) is 0 Å². The number of esters is 1. The number of benzene rings is 2. The Morgan fingerprint density at radius 1 is 0.879 bits per heavy atom. The summed E-state index contributed by atoms with van der Waals surface area (Å²) in [6, 6.07) is 17.3. The normalized spacial score (nSPS) is 11.6. The summed E-state index contributed by atoms with van der Waals surface area (Å²) >= 11 is 0. The minimum Gasteiger partial charge on any atom is -0.465 e. The number of nitrogens with zero attached hydrogens (tertiary/aromatic N) is 1. The van der Waals surface area contributed by atoms with E-state index in [0.29, 0.717) is 31.4 Å². The van der Waals surface area contributed by atoms with E-state index >= 15 is 0 Å². The Hall–Kier alpha value is -2.82. The molecule has 0 aromatic heterocycles. The van der Waals surface area contributed by atoms with E-state index in [1.165, 1.54) is 0 Å². The van der Waals surface area contributed by atoms with Crippen molar-refractivity contribution in [1.29, 1.82) is 0 Å². The minimum absolute atomic E-state index is 0.119.